The molecule has 0 saturated heterocycles. The molecule has 5 nitrogen and oxygen atoms in total. The first-order valence-corrected chi connectivity index (χ1v) is 7.09. The summed E-state index contributed by atoms with van der Waals surface area (Å²) in [6.07, 6.45) is -3.93. The summed E-state index contributed by atoms with van der Waals surface area (Å²) in [7, 11) is 3.43. The molecule has 0 heterocycles. The average molecular weight is 334 g/mol. The molecule has 0 aliphatic carbocycles. The number of alkyl halides is 3. The summed E-state index contributed by atoms with van der Waals surface area (Å²) in [6.45, 7) is 3.06. The van der Waals surface area contributed by atoms with Crippen LogP contribution in [0.15, 0.2) is 24.3 Å². The van der Waals surface area contributed by atoms with E-state index in [2.05, 4.69) is 10.1 Å². The molecule has 0 fully saturated rings. The summed E-state index contributed by atoms with van der Waals surface area (Å²) in [5, 5.41) is 2.65. The van der Waals surface area contributed by atoms with E-state index in [4.69, 9.17) is 4.74 Å². The monoisotopic (exact) mass is 334 g/mol. The smallest absolute Gasteiger partial charge is 0.406 e. The topological polar surface area (TPSA) is 50.8 Å². The molecule has 1 amide bonds. The molecule has 8 heteroatoms. The standard InChI is InChI=1S/C15H21F3N2O3/c1-11(20(2)9-4-10-22-3)14(21)19-12-5-7-13(8-6-12)23-15(16,17)18/h5-8,11H,4,9-10H2,1-3H3,(H,19,21). The molecule has 1 atom stereocenters. The lowest BCUT2D eigenvalue weighted by Crippen LogP contribution is -2.40. The van der Waals surface area contributed by atoms with Crippen molar-refractivity contribution >= 4 is 11.6 Å². The molecular formula is C15H21F3N2O3. The Kier molecular flexibility index (Phi) is 7.31. The quantitative estimate of drug-likeness (QED) is 0.743. The van der Waals surface area contributed by atoms with Gasteiger partial charge in [-0.15, -0.1) is 13.2 Å². The van der Waals surface area contributed by atoms with Crippen LogP contribution in [0.1, 0.15) is 13.3 Å². The Morgan fingerprint density at radius 2 is 1.91 bits per heavy atom. The van der Waals surface area contributed by atoms with Crippen LogP contribution in [0.2, 0.25) is 0 Å². The fraction of sp³-hybridized carbons (Fsp3) is 0.533. The van der Waals surface area contributed by atoms with Crippen LogP contribution in [0.4, 0.5) is 18.9 Å². The van der Waals surface area contributed by atoms with Gasteiger partial charge in [0, 0.05) is 25.9 Å². The number of benzene rings is 1. The highest BCUT2D eigenvalue weighted by atomic mass is 19.4. The van der Waals surface area contributed by atoms with E-state index in [-0.39, 0.29) is 17.7 Å². The van der Waals surface area contributed by atoms with Gasteiger partial charge in [-0.25, -0.2) is 0 Å². The summed E-state index contributed by atoms with van der Waals surface area (Å²) in [4.78, 5) is 14.0. The van der Waals surface area contributed by atoms with E-state index in [0.717, 1.165) is 18.6 Å². The Balaban J connectivity index is 2.53. The predicted octanol–water partition coefficient (Wildman–Crippen LogP) is 2.88. The Labute approximate surface area is 133 Å². The Morgan fingerprint density at radius 3 is 2.43 bits per heavy atom. The van der Waals surface area contributed by atoms with Crippen molar-refractivity contribution < 1.29 is 27.4 Å². The Bertz CT molecular complexity index is 492. The van der Waals surface area contributed by atoms with E-state index in [9.17, 15) is 18.0 Å². The molecule has 1 aromatic rings. The first kappa shape index (κ1) is 19.2. The molecule has 1 N–H and O–H groups in total. The van der Waals surface area contributed by atoms with Gasteiger partial charge in [-0.3, -0.25) is 9.69 Å². The van der Waals surface area contributed by atoms with Gasteiger partial charge in [-0.1, -0.05) is 0 Å². The Morgan fingerprint density at radius 1 is 1.30 bits per heavy atom. The third kappa shape index (κ3) is 7.34. The molecular weight excluding hydrogens is 313 g/mol. The van der Waals surface area contributed by atoms with Gasteiger partial charge in [-0.05, 0) is 44.7 Å². The van der Waals surface area contributed by atoms with Gasteiger partial charge in [0.05, 0.1) is 6.04 Å². The highest BCUT2D eigenvalue weighted by Gasteiger charge is 2.31. The molecule has 130 valence electrons. The zero-order chi connectivity index (χ0) is 17.5. The number of rotatable bonds is 8. The van der Waals surface area contributed by atoms with Crippen molar-refractivity contribution in [2.75, 3.05) is 32.6 Å². The number of ether oxygens (including phenoxy) is 2. The zero-order valence-electron chi connectivity index (χ0n) is 13.3. The van der Waals surface area contributed by atoms with Crippen molar-refractivity contribution in [1.82, 2.24) is 4.90 Å². The van der Waals surface area contributed by atoms with E-state index in [1.165, 1.54) is 12.1 Å². The molecule has 0 saturated carbocycles. The first-order chi connectivity index (χ1) is 10.7. The van der Waals surface area contributed by atoms with Crippen LogP contribution < -0.4 is 10.1 Å². The summed E-state index contributed by atoms with van der Waals surface area (Å²) in [5.41, 5.74) is 0.404. The fourth-order valence-corrected chi connectivity index (χ4v) is 1.84. The number of halogens is 3. The van der Waals surface area contributed by atoms with Crippen LogP contribution >= 0.6 is 0 Å². The number of amides is 1. The second kappa shape index (κ2) is 8.73. The van der Waals surface area contributed by atoms with E-state index >= 15 is 0 Å². The number of hydrogen-bond acceptors (Lipinski definition) is 4. The molecule has 0 aromatic heterocycles. The minimum absolute atomic E-state index is 0.241. The summed E-state index contributed by atoms with van der Waals surface area (Å²) < 4.78 is 44.9. The zero-order valence-corrected chi connectivity index (χ0v) is 13.3. The van der Waals surface area contributed by atoms with Crippen LogP contribution in [-0.2, 0) is 9.53 Å². The minimum atomic E-state index is -4.73. The van der Waals surface area contributed by atoms with Crippen LogP contribution in [0, 0.1) is 0 Å². The second-order valence-corrected chi connectivity index (χ2v) is 5.06. The number of nitrogens with one attached hydrogen (secondary N) is 1. The number of methoxy groups -OCH3 is 1. The molecule has 0 radical (unpaired) electrons. The van der Waals surface area contributed by atoms with Crippen LogP contribution in [0.3, 0.4) is 0 Å². The highest BCUT2D eigenvalue weighted by molar-refractivity contribution is 5.94. The number of carbonyl (C=O) groups is 1. The van der Waals surface area contributed by atoms with Gasteiger partial charge in [-0.2, -0.15) is 0 Å². The lowest BCUT2D eigenvalue weighted by atomic mass is 10.2. The molecule has 0 aliphatic rings. The third-order valence-electron chi connectivity index (χ3n) is 3.26. The number of carbonyl (C=O) groups excluding carboxylic acids is 1. The fourth-order valence-electron chi connectivity index (χ4n) is 1.84. The van der Waals surface area contributed by atoms with E-state index < -0.39 is 6.36 Å². The maximum absolute atomic E-state index is 12.1. The van der Waals surface area contributed by atoms with Crippen molar-refractivity contribution in [3.8, 4) is 5.75 Å². The van der Waals surface area contributed by atoms with Crippen molar-refractivity contribution in [3.05, 3.63) is 24.3 Å². The van der Waals surface area contributed by atoms with Crippen LogP contribution in [0.5, 0.6) is 5.75 Å². The maximum atomic E-state index is 12.1. The van der Waals surface area contributed by atoms with Crippen molar-refractivity contribution in [2.45, 2.75) is 25.7 Å². The van der Waals surface area contributed by atoms with E-state index in [1.54, 1.807) is 14.0 Å². The van der Waals surface area contributed by atoms with Crippen LogP contribution in [-0.4, -0.2) is 50.5 Å². The lowest BCUT2D eigenvalue weighted by Gasteiger charge is -2.23. The number of hydrogen-bond donors (Lipinski definition) is 1. The molecule has 0 spiro atoms. The van der Waals surface area contributed by atoms with Gasteiger partial charge in [0.15, 0.2) is 0 Å². The van der Waals surface area contributed by atoms with E-state index in [0.29, 0.717) is 18.8 Å². The van der Waals surface area contributed by atoms with Gasteiger partial charge >= 0.3 is 6.36 Å². The van der Waals surface area contributed by atoms with Crippen molar-refractivity contribution in [3.63, 3.8) is 0 Å². The first-order valence-electron chi connectivity index (χ1n) is 7.09. The summed E-state index contributed by atoms with van der Waals surface area (Å²) >= 11 is 0. The second-order valence-electron chi connectivity index (χ2n) is 5.06. The van der Waals surface area contributed by atoms with Crippen molar-refractivity contribution in [1.29, 1.82) is 0 Å². The van der Waals surface area contributed by atoms with Gasteiger partial charge in [0.1, 0.15) is 5.75 Å². The molecule has 0 aliphatic heterocycles. The lowest BCUT2D eigenvalue weighted by molar-refractivity contribution is -0.274. The number of nitrogens with zero attached hydrogens (tertiary/aromatic N) is 1. The van der Waals surface area contributed by atoms with Gasteiger partial charge in [0.2, 0.25) is 5.91 Å². The largest absolute Gasteiger partial charge is 0.573 e. The van der Waals surface area contributed by atoms with Gasteiger partial charge < -0.3 is 14.8 Å². The number of anilines is 1. The van der Waals surface area contributed by atoms with E-state index in [1.807, 2.05) is 11.9 Å². The maximum Gasteiger partial charge on any atom is 0.573 e. The molecule has 1 aromatic carbocycles. The third-order valence-corrected chi connectivity index (χ3v) is 3.26. The highest BCUT2D eigenvalue weighted by Crippen LogP contribution is 2.24. The summed E-state index contributed by atoms with van der Waals surface area (Å²) in [6, 6.07) is 4.64. The predicted molar refractivity (Wildman–Crippen MR) is 80.3 cm³/mol. The van der Waals surface area contributed by atoms with Gasteiger partial charge in [0.25, 0.3) is 0 Å². The Hall–Kier alpha value is -1.80. The summed E-state index contributed by atoms with van der Waals surface area (Å²) in [5.74, 6) is -0.574. The molecule has 0 bridgehead atoms. The van der Waals surface area contributed by atoms with Crippen LogP contribution in [0.25, 0.3) is 0 Å². The SMILES string of the molecule is COCCCN(C)C(C)C(=O)Nc1ccc(OC(F)(F)F)cc1. The minimum Gasteiger partial charge on any atom is -0.406 e. The molecule has 1 unspecified atom stereocenters. The van der Waals surface area contributed by atoms with Crippen molar-refractivity contribution in [2.24, 2.45) is 0 Å². The molecule has 23 heavy (non-hydrogen) atoms. The normalized spacial score (nSPS) is 13.0. The molecule has 1 rings (SSSR count). The number of likely N-dealkylation sites (N-methyl/N-ethyl adjacent to an activating group) is 1. The average Bonchev–Trinajstić information content (AvgIpc) is 2.47.